The van der Waals surface area contributed by atoms with Gasteiger partial charge in [-0.3, -0.25) is 4.84 Å². The molecule has 0 aliphatic carbocycles. The minimum Gasteiger partial charge on any atom is -0.358 e. The summed E-state index contributed by atoms with van der Waals surface area (Å²) < 4.78 is 10.7. The summed E-state index contributed by atoms with van der Waals surface area (Å²) in [5, 5.41) is 13.8. The molecule has 84 valence electrons. The lowest BCUT2D eigenvalue weighted by molar-refractivity contribution is -0.361. The Morgan fingerprint density at radius 3 is 3.07 bits per heavy atom. The van der Waals surface area contributed by atoms with Crippen molar-refractivity contribution in [2.75, 3.05) is 13.2 Å². The molecule has 0 amide bonds. The van der Waals surface area contributed by atoms with Gasteiger partial charge in [-0.05, 0) is 24.2 Å². The molecule has 0 aromatic heterocycles. The molecule has 2 atom stereocenters. The van der Waals surface area contributed by atoms with Crippen molar-refractivity contribution in [2.24, 2.45) is 5.16 Å². The Balaban J connectivity index is 1.88. The molecule has 0 spiro atoms. The summed E-state index contributed by atoms with van der Waals surface area (Å²) in [7, 11) is 0. The molecule has 7 nitrogen and oxygen atoms in total. The molecule has 0 aromatic rings. The van der Waals surface area contributed by atoms with E-state index in [0.717, 1.165) is 19.3 Å². The van der Waals surface area contributed by atoms with Crippen LogP contribution in [-0.2, 0) is 14.3 Å². The maximum atomic E-state index is 10.5. The van der Waals surface area contributed by atoms with E-state index in [9.17, 15) is 10.1 Å². The number of oxime groups is 1. The Bertz CT molecular complexity index is 274. The first-order chi connectivity index (χ1) is 7.27. The van der Waals surface area contributed by atoms with Crippen LogP contribution in [0.25, 0.3) is 0 Å². The summed E-state index contributed by atoms with van der Waals surface area (Å²) >= 11 is 0. The van der Waals surface area contributed by atoms with Gasteiger partial charge in [-0.2, -0.15) is 0 Å². The van der Waals surface area contributed by atoms with E-state index in [1.54, 1.807) is 0 Å². The van der Waals surface area contributed by atoms with E-state index in [4.69, 9.17) is 9.47 Å². The highest BCUT2D eigenvalue weighted by Crippen LogP contribution is 2.18. The molecule has 0 saturated carbocycles. The fraction of sp³-hybridized carbons (Fsp3) is 0.875. The summed E-state index contributed by atoms with van der Waals surface area (Å²) in [6, 6.07) is 0. The second kappa shape index (κ2) is 4.54. The first-order valence-electron chi connectivity index (χ1n) is 4.88. The van der Waals surface area contributed by atoms with Crippen LogP contribution in [0.1, 0.15) is 19.3 Å². The van der Waals surface area contributed by atoms with Crippen LogP contribution in [0.4, 0.5) is 0 Å². The molecule has 2 heterocycles. The lowest BCUT2D eigenvalue weighted by Crippen LogP contribution is -2.35. The first-order valence-corrected chi connectivity index (χ1v) is 4.88. The highest BCUT2D eigenvalue weighted by atomic mass is 16.7. The largest absolute Gasteiger partial charge is 0.418 e. The van der Waals surface area contributed by atoms with Crippen molar-refractivity contribution in [1.82, 2.24) is 0 Å². The zero-order valence-electron chi connectivity index (χ0n) is 8.13. The van der Waals surface area contributed by atoms with Gasteiger partial charge in [0.15, 0.2) is 18.1 Å². The van der Waals surface area contributed by atoms with Gasteiger partial charge >= 0.3 is 5.84 Å². The smallest absolute Gasteiger partial charge is 0.358 e. The second-order valence-electron chi connectivity index (χ2n) is 3.42. The average Bonchev–Trinajstić information content (AvgIpc) is 2.67. The van der Waals surface area contributed by atoms with Crippen LogP contribution in [0.3, 0.4) is 0 Å². The third kappa shape index (κ3) is 2.42. The molecule has 1 saturated heterocycles. The Morgan fingerprint density at radius 1 is 1.53 bits per heavy atom. The van der Waals surface area contributed by atoms with E-state index in [1.165, 1.54) is 0 Å². The van der Waals surface area contributed by atoms with Gasteiger partial charge in [0.25, 0.3) is 0 Å². The molecule has 0 aromatic carbocycles. The topological polar surface area (TPSA) is 83.2 Å². The highest BCUT2D eigenvalue weighted by Gasteiger charge is 2.38. The number of hydrogen-bond acceptors (Lipinski definition) is 6. The fourth-order valence-electron chi connectivity index (χ4n) is 1.56. The number of nitrogens with zero attached hydrogens (tertiary/aromatic N) is 2. The van der Waals surface area contributed by atoms with Crippen LogP contribution in [0.5, 0.6) is 0 Å². The Morgan fingerprint density at radius 2 is 2.40 bits per heavy atom. The molecule has 2 aliphatic heterocycles. The number of hydrogen-bond donors (Lipinski definition) is 0. The SMILES string of the molecule is O=[N+]([O-])C1=NOCC1OC1CCCCO1. The van der Waals surface area contributed by atoms with E-state index >= 15 is 0 Å². The van der Waals surface area contributed by atoms with Crippen molar-refractivity contribution in [3.8, 4) is 0 Å². The predicted octanol–water partition coefficient (Wildman–Crippen LogP) is 0.519. The normalized spacial score (nSPS) is 30.8. The van der Waals surface area contributed by atoms with Gasteiger partial charge in [-0.25, -0.2) is 0 Å². The van der Waals surface area contributed by atoms with E-state index in [2.05, 4.69) is 9.99 Å². The first kappa shape index (κ1) is 10.3. The van der Waals surface area contributed by atoms with Crippen LogP contribution in [-0.4, -0.2) is 36.4 Å². The van der Waals surface area contributed by atoms with E-state index < -0.39 is 11.0 Å². The monoisotopic (exact) mass is 216 g/mol. The molecule has 2 unspecified atom stereocenters. The van der Waals surface area contributed by atoms with Gasteiger partial charge in [-0.1, -0.05) is 0 Å². The zero-order valence-corrected chi connectivity index (χ0v) is 8.13. The number of amidine groups is 1. The van der Waals surface area contributed by atoms with Gasteiger partial charge in [0.2, 0.25) is 6.10 Å². The number of nitro groups is 1. The highest BCUT2D eigenvalue weighted by molar-refractivity contribution is 5.79. The quantitative estimate of drug-likeness (QED) is 0.496. The van der Waals surface area contributed by atoms with E-state index in [1.807, 2.05) is 0 Å². The van der Waals surface area contributed by atoms with Crippen LogP contribution in [0.15, 0.2) is 5.16 Å². The Hall–Kier alpha value is -1.21. The van der Waals surface area contributed by atoms with Gasteiger partial charge in [0.1, 0.15) is 0 Å². The summed E-state index contributed by atoms with van der Waals surface area (Å²) in [5.41, 5.74) is 0. The van der Waals surface area contributed by atoms with Gasteiger partial charge in [-0.15, -0.1) is 0 Å². The maximum Gasteiger partial charge on any atom is 0.418 e. The summed E-state index contributed by atoms with van der Waals surface area (Å²) in [4.78, 5) is 14.6. The maximum absolute atomic E-state index is 10.5. The number of ether oxygens (including phenoxy) is 2. The summed E-state index contributed by atoms with van der Waals surface area (Å²) in [6.45, 7) is 0.735. The number of rotatable bonds is 2. The molecule has 7 heteroatoms. The molecule has 2 aliphatic rings. The fourth-order valence-corrected chi connectivity index (χ4v) is 1.56. The lowest BCUT2D eigenvalue weighted by atomic mass is 10.2. The lowest BCUT2D eigenvalue weighted by Gasteiger charge is -2.23. The van der Waals surface area contributed by atoms with Crippen molar-refractivity contribution < 1.29 is 19.2 Å². The van der Waals surface area contributed by atoms with Crippen molar-refractivity contribution in [3.63, 3.8) is 0 Å². The minimum atomic E-state index is -0.705. The molecule has 15 heavy (non-hydrogen) atoms. The van der Waals surface area contributed by atoms with Crippen molar-refractivity contribution in [1.29, 1.82) is 0 Å². The summed E-state index contributed by atoms with van der Waals surface area (Å²) in [5.74, 6) is -0.274. The Labute approximate surface area is 86.1 Å². The average molecular weight is 216 g/mol. The predicted molar refractivity (Wildman–Crippen MR) is 48.8 cm³/mol. The third-order valence-corrected chi connectivity index (χ3v) is 2.31. The van der Waals surface area contributed by atoms with Crippen LogP contribution < -0.4 is 0 Å². The van der Waals surface area contributed by atoms with Crippen LogP contribution in [0.2, 0.25) is 0 Å². The van der Waals surface area contributed by atoms with E-state index in [0.29, 0.717) is 6.61 Å². The molecular formula is C8H12N2O5. The third-order valence-electron chi connectivity index (χ3n) is 2.31. The minimum absolute atomic E-state index is 0.0934. The van der Waals surface area contributed by atoms with Crippen LogP contribution in [0, 0.1) is 10.1 Å². The van der Waals surface area contributed by atoms with Crippen molar-refractivity contribution >= 4 is 5.84 Å². The molecule has 0 bridgehead atoms. The molecular weight excluding hydrogens is 204 g/mol. The second-order valence-corrected chi connectivity index (χ2v) is 3.42. The van der Waals surface area contributed by atoms with Gasteiger partial charge in [0.05, 0.1) is 0 Å². The molecule has 1 fully saturated rings. The molecule has 0 N–H and O–H groups in total. The molecule has 0 radical (unpaired) electrons. The zero-order chi connectivity index (χ0) is 10.7. The van der Waals surface area contributed by atoms with Crippen LogP contribution >= 0.6 is 0 Å². The van der Waals surface area contributed by atoms with Gasteiger partial charge < -0.3 is 19.6 Å². The van der Waals surface area contributed by atoms with Crippen molar-refractivity contribution in [2.45, 2.75) is 31.7 Å². The van der Waals surface area contributed by atoms with E-state index in [-0.39, 0.29) is 18.7 Å². The molecule has 2 rings (SSSR count). The Kier molecular flexibility index (Phi) is 3.12. The van der Waals surface area contributed by atoms with Crippen molar-refractivity contribution in [3.05, 3.63) is 10.1 Å². The van der Waals surface area contributed by atoms with Gasteiger partial charge in [0, 0.05) is 6.61 Å². The standard InChI is InChI=1S/C8H12N2O5/c11-10(12)8-6(5-14-9-8)15-7-3-1-2-4-13-7/h6-7H,1-5H2. The summed E-state index contributed by atoms with van der Waals surface area (Å²) in [6.07, 6.45) is 1.72.